The molecule has 1 aliphatic heterocycles. The van der Waals surface area contributed by atoms with Crippen LogP contribution in [0.1, 0.15) is 23.5 Å². The predicted octanol–water partition coefficient (Wildman–Crippen LogP) is 2.16. The topological polar surface area (TPSA) is 48.0 Å². The fourth-order valence-electron chi connectivity index (χ4n) is 3.16. The average molecular weight is 244 g/mol. The Morgan fingerprint density at radius 3 is 3.11 bits per heavy atom. The Balaban J connectivity index is 2.05. The van der Waals surface area contributed by atoms with Crippen molar-refractivity contribution in [3.05, 3.63) is 35.5 Å². The smallest absolute Gasteiger partial charge is 0.0486 e. The predicted molar refractivity (Wildman–Crippen MR) is 73.8 cm³/mol. The van der Waals surface area contributed by atoms with Gasteiger partial charge in [-0.1, -0.05) is 18.2 Å². The van der Waals surface area contributed by atoms with Crippen LogP contribution in [0.2, 0.25) is 0 Å². The summed E-state index contributed by atoms with van der Waals surface area (Å²) < 4.78 is 0. The molecule has 2 heterocycles. The van der Waals surface area contributed by atoms with Crippen LogP contribution in [0.4, 0.5) is 0 Å². The summed E-state index contributed by atoms with van der Waals surface area (Å²) in [6, 6.07) is 6.43. The number of aromatic nitrogens is 1. The first-order valence-corrected chi connectivity index (χ1v) is 6.69. The lowest BCUT2D eigenvalue weighted by atomic mass is 9.81. The molecule has 2 unspecified atom stereocenters. The Morgan fingerprint density at radius 2 is 2.28 bits per heavy atom. The molecule has 1 fully saturated rings. The van der Waals surface area contributed by atoms with E-state index < -0.39 is 0 Å². The average Bonchev–Trinajstić information content (AvgIpc) is 2.84. The molecule has 0 radical (unpaired) electrons. The maximum Gasteiger partial charge on any atom is 0.0486 e. The summed E-state index contributed by atoms with van der Waals surface area (Å²) in [6.07, 6.45) is 3.24. The molecule has 3 N–H and O–H groups in total. The molecule has 1 aromatic carbocycles. The summed E-state index contributed by atoms with van der Waals surface area (Å²) in [5.74, 6) is 0.796. The molecular formula is C15H20N2O. The highest BCUT2D eigenvalue weighted by Gasteiger charge is 2.27. The zero-order chi connectivity index (χ0) is 12.5. The van der Waals surface area contributed by atoms with E-state index in [1.54, 1.807) is 0 Å². The van der Waals surface area contributed by atoms with E-state index in [1.165, 1.54) is 22.0 Å². The van der Waals surface area contributed by atoms with Crippen molar-refractivity contribution >= 4 is 10.9 Å². The van der Waals surface area contributed by atoms with E-state index in [1.807, 2.05) is 0 Å². The van der Waals surface area contributed by atoms with Crippen LogP contribution in [0.15, 0.2) is 24.4 Å². The lowest BCUT2D eigenvalue weighted by molar-refractivity contribution is 0.180. The zero-order valence-electron chi connectivity index (χ0n) is 10.7. The van der Waals surface area contributed by atoms with Gasteiger partial charge in [-0.2, -0.15) is 0 Å². The van der Waals surface area contributed by atoms with Gasteiger partial charge in [-0.3, -0.25) is 0 Å². The number of aliphatic hydroxyl groups is 1. The molecule has 1 aliphatic rings. The number of piperidine rings is 1. The van der Waals surface area contributed by atoms with Gasteiger partial charge in [0.1, 0.15) is 0 Å². The third-order valence-corrected chi connectivity index (χ3v) is 4.20. The lowest BCUT2D eigenvalue weighted by Gasteiger charge is -2.30. The second-order valence-electron chi connectivity index (χ2n) is 5.28. The van der Waals surface area contributed by atoms with Crippen molar-refractivity contribution in [3.8, 4) is 0 Å². The molecule has 3 nitrogen and oxygen atoms in total. The SMILES string of the molecule is Cc1cccc2c(C3CCNCC3CO)c[nH]c12. The maximum absolute atomic E-state index is 9.54. The quantitative estimate of drug-likeness (QED) is 0.758. The van der Waals surface area contributed by atoms with E-state index in [-0.39, 0.29) is 6.61 Å². The summed E-state index contributed by atoms with van der Waals surface area (Å²) in [4.78, 5) is 3.40. The number of nitrogens with one attached hydrogen (secondary N) is 2. The number of hydrogen-bond acceptors (Lipinski definition) is 2. The van der Waals surface area contributed by atoms with Crippen molar-refractivity contribution in [2.45, 2.75) is 19.3 Å². The Kier molecular flexibility index (Phi) is 3.10. The standard InChI is InChI=1S/C15H20N2O/c1-10-3-2-4-13-14(8-17-15(10)13)12-5-6-16-7-11(12)9-18/h2-4,8,11-12,16-18H,5-7,9H2,1H3. The van der Waals surface area contributed by atoms with Crippen LogP contribution in [0.3, 0.4) is 0 Å². The van der Waals surface area contributed by atoms with Gasteiger partial charge in [-0.15, -0.1) is 0 Å². The highest BCUT2D eigenvalue weighted by atomic mass is 16.3. The van der Waals surface area contributed by atoms with Crippen molar-refractivity contribution in [1.82, 2.24) is 10.3 Å². The maximum atomic E-state index is 9.54. The highest BCUT2D eigenvalue weighted by molar-refractivity contribution is 5.86. The summed E-state index contributed by atoms with van der Waals surface area (Å²) in [5, 5.41) is 14.2. The lowest BCUT2D eigenvalue weighted by Crippen LogP contribution is -2.37. The van der Waals surface area contributed by atoms with Crippen molar-refractivity contribution in [3.63, 3.8) is 0 Å². The van der Waals surface area contributed by atoms with Gasteiger partial charge < -0.3 is 15.4 Å². The first-order valence-electron chi connectivity index (χ1n) is 6.69. The number of hydrogen-bond donors (Lipinski definition) is 3. The Morgan fingerprint density at radius 1 is 1.39 bits per heavy atom. The minimum atomic E-state index is 0.260. The zero-order valence-corrected chi connectivity index (χ0v) is 10.7. The second kappa shape index (κ2) is 4.75. The number of benzene rings is 1. The first-order chi connectivity index (χ1) is 8.81. The second-order valence-corrected chi connectivity index (χ2v) is 5.28. The number of H-pyrrole nitrogens is 1. The van der Waals surface area contributed by atoms with Gasteiger partial charge in [0.2, 0.25) is 0 Å². The molecule has 2 atom stereocenters. The third-order valence-electron chi connectivity index (χ3n) is 4.20. The van der Waals surface area contributed by atoms with Gasteiger partial charge in [-0.25, -0.2) is 0 Å². The molecule has 1 saturated heterocycles. The largest absolute Gasteiger partial charge is 0.396 e. The summed E-state index contributed by atoms with van der Waals surface area (Å²) in [5.41, 5.74) is 3.89. The van der Waals surface area contributed by atoms with Crippen LogP contribution < -0.4 is 5.32 Å². The molecule has 0 bridgehead atoms. The summed E-state index contributed by atoms with van der Waals surface area (Å²) >= 11 is 0. The van der Waals surface area contributed by atoms with E-state index in [4.69, 9.17) is 0 Å². The Bertz CT molecular complexity index is 546. The fraction of sp³-hybridized carbons (Fsp3) is 0.467. The molecule has 0 aliphatic carbocycles. The van der Waals surface area contributed by atoms with Crippen LogP contribution in [-0.2, 0) is 0 Å². The van der Waals surface area contributed by atoms with Gasteiger partial charge in [0.25, 0.3) is 0 Å². The van der Waals surface area contributed by atoms with Crippen LogP contribution in [0.5, 0.6) is 0 Å². The highest BCUT2D eigenvalue weighted by Crippen LogP contribution is 2.35. The van der Waals surface area contributed by atoms with Gasteiger partial charge in [-0.05, 0) is 36.9 Å². The van der Waals surface area contributed by atoms with Crippen molar-refractivity contribution < 1.29 is 5.11 Å². The van der Waals surface area contributed by atoms with Crippen LogP contribution >= 0.6 is 0 Å². The number of aromatic amines is 1. The monoisotopic (exact) mass is 244 g/mol. The van der Waals surface area contributed by atoms with Crippen LogP contribution in [0.25, 0.3) is 10.9 Å². The molecular weight excluding hydrogens is 224 g/mol. The molecule has 96 valence electrons. The number of rotatable bonds is 2. The number of fused-ring (bicyclic) bond motifs is 1. The normalized spacial score (nSPS) is 24.6. The fourth-order valence-corrected chi connectivity index (χ4v) is 3.16. The van der Waals surface area contributed by atoms with Gasteiger partial charge >= 0.3 is 0 Å². The van der Waals surface area contributed by atoms with E-state index >= 15 is 0 Å². The molecule has 3 rings (SSSR count). The number of aryl methyl sites for hydroxylation is 1. The first kappa shape index (κ1) is 11.8. The van der Waals surface area contributed by atoms with Gasteiger partial charge in [0.15, 0.2) is 0 Å². The molecule has 0 saturated carbocycles. The molecule has 3 heteroatoms. The Labute approximate surface area is 107 Å². The number of para-hydroxylation sites is 1. The minimum absolute atomic E-state index is 0.260. The third kappa shape index (κ3) is 1.84. The minimum Gasteiger partial charge on any atom is -0.396 e. The molecule has 0 spiro atoms. The van der Waals surface area contributed by atoms with Gasteiger partial charge in [0.05, 0.1) is 0 Å². The van der Waals surface area contributed by atoms with Crippen molar-refractivity contribution in [2.75, 3.05) is 19.7 Å². The van der Waals surface area contributed by atoms with Crippen molar-refractivity contribution in [1.29, 1.82) is 0 Å². The van der Waals surface area contributed by atoms with E-state index in [9.17, 15) is 5.11 Å². The van der Waals surface area contributed by atoms with Gasteiger partial charge in [0, 0.05) is 36.2 Å². The summed E-state index contributed by atoms with van der Waals surface area (Å²) in [6.45, 7) is 4.35. The molecule has 0 amide bonds. The summed E-state index contributed by atoms with van der Waals surface area (Å²) in [7, 11) is 0. The number of aliphatic hydroxyl groups excluding tert-OH is 1. The Hall–Kier alpha value is -1.32. The van der Waals surface area contributed by atoms with E-state index in [0.29, 0.717) is 11.8 Å². The van der Waals surface area contributed by atoms with E-state index in [0.717, 1.165) is 19.5 Å². The van der Waals surface area contributed by atoms with Crippen LogP contribution in [-0.4, -0.2) is 29.8 Å². The molecule has 1 aromatic heterocycles. The van der Waals surface area contributed by atoms with E-state index in [2.05, 4.69) is 41.6 Å². The molecule has 18 heavy (non-hydrogen) atoms. The van der Waals surface area contributed by atoms with Crippen molar-refractivity contribution in [2.24, 2.45) is 5.92 Å². The molecule has 2 aromatic rings. The van der Waals surface area contributed by atoms with Crippen LogP contribution in [0, 0.1) is 12.8 Å².